The van der Waals surface area contributed by atoms with E-state index >= 15 is 0 Å². The predicted molar refractivity (Wildman–Crippen MR) is 110 cm³/mol. The summed E-state index contributed by atoms with van der Waals surface area (Å²) in [4.78, 5) is 30.0. The Morgan fingerprint density at radius 3 is 2.33 bits per heavy atom. The van der Waals surface area contributed by atoms with E-state index in [0.29, 0.717) is 25.6 Å². The summed E-state index contributed by atoms with van der Waals surface area (Å²) in [6, 6.07) is 6.48. The van der Waals surface area contributed by atoms with Crippen molar-refractivity contribution >= 4 is 27.9 Å². The highest BCUT2D eigenvalue weighted by molar-refractivity contribution is 9.10. The number of hydrogen-bond acceptors (Lipinski definition) is 3. The molecule has 6 nitrogen and oxygen atoms in total. The molecule has 2 saturated heterocycles. The molecule has 1 aromatic rings. The largest absolute Gasteiger partial charge is 0.351 e. The lowest BCUT2D eigenvalue weighted by Crippen LogP contribution is -2.55. The molecule has 3 amide bonds. The van der Waals surface area contributed by atoms with Crippen LogP contribution < -0.4 is 5.73 Å². The number of likely N-dealkylation sites (tertiary alicyclic amines) is 1. The predicted octanol–water partition coefficient (Wildman–Crippen LogP) is 2.38. The SMILES string of the molecule is Cc1cc(CCC(=O)N2CCC(N3CCN(C(N)=O)CC3)CC2)ccc1Br. The summed E-state index contributed by atoms with van der Waals surface area (Å²) in [6.07, 6.45) is 3.39. The number of nitrogens with zero attached hydrogens (tertiary/aromatic N) is 3. The second kappa shape index (κ2) is 9.06. The molecule has 0 aliphatic carbocycles. The lowest BCUT2D eigenvalue weighted by atomic mass is 10.0. The van der Waals surface area contributed by atoms with Crippen molar-refractivity contribution in [3.8, 4) is 0 Å². The Balaban J connectivity index is 1.41. The van der Waals surface area contributed by atoms with E-state index in [0.717, 1.165) is 49.9 Å². The molecular weight excluding hydrogens is 408 g/mol. The number of nitrogens with two attached hydrogens (primary N) is 1. The topological polar surface area (TPSA) is 69.9 Å². The Morgan fingerprint density at radius 1 is 1.07 bits per heavy atom. The van der Waals surface area contributed by atoms with E-state index in [-0.39, 0.29) is 11.9 Å². The van der Waals surface area contributed by atoms with Crippen LogP contribution >= 0.6 is 15.9 Å². The number of benzene rings is 1. The van der Waals surface area contributed by atoms with Gasteiger partial charge >= 0.3 is 6.03 Å². The van der Waals surface area contributed by atoms with Crippen LogP contribution in [0.15, 0.2) is 22.7 Å². The number of rotatable bonds is 4. The van der Waals surface area contributed by atoms with E-state index in [9.17, 15) is 9.59 Å². The number of carbonyl (C=O) groups excluding carboxylic acids is 2. The monoisotopic (exact) mass is 436 g/mol. The standard InChI is InChI=1S/C20H29BrN4O2/c1-15-14-16(2-4-18(15)21)3-5-19(26)24-8-6-17(7-9-24)23-10-12-25(13-11-23)20(22)27/h2,4,14,17H,3,5-13H2,1H3,(H2,22,27). The Bertz CT molecular complexity index is 681. The van der Waals surface area contributed by atoms with Crippen LogP contribution in [-0.2, 0) is 11.2 Å². The number of aryl methyl sites for hydroxylation is 2. The van der Waals surface area contributed by atoms with Crippen LogP contribution in [0.1, 0.15) is 30.4 Å². The number of hydrogen-bond donors (Lipinski definition) is 1. The second-order valence-electron chi connectivity index (χ2n) is 7.56. The van der Waals surface area contributed by atoms with Gasteiger partial charge in [-0.25, -0.2) is 4.79 Å². The van der Waals surface area contributed by atoms with Gasteiger partial charge in [-0.05, 0) is 43.4 Å². The first kappa shape index (κ1) is 20.1. The zero-order valence-electron chi connectivity index (χ0n) is 16.0. The maximum absolute atomic E-state index is 12.6. The first-order valence-corrected chi connectivity index (χ1v) is 10.5. The smallest absolute Gasteiger partial charge is 0.314 e. The minimum atomic E-state index is -0.323. The van der Waals surface area contributed by atoms with Crippen molar-refractivity contribution in [1.82, 2.24) is 14.7 Å². The Kier molecular flexibility index (Phi) is 6.76. The fourth-order valence-electron chi connectivity index (χ4n) is 4.06. The maximum atomic E-state index is 12.6. The highest BCUT2D eigenvalue weighted by atomic mass is 79.9. The molecule has 27 heavy (non-hydrogen) atoms. The number of piperidine rings is 1. The Morgan fingerprint density at radius 2 is 1.74 bits per heavy atom. The van der Waals surface area contributed by atoms with Gasteiger partial charge in [0.1, 0.15) is 0 Å². The van der Waals surface area contributed by atoms with Gasteiger partial charge in [-0.15, -0.1) is 0 Å². The number of amides is 3. The van der Waals surface area contributed by atoms with Crippen molar-refractivity contribution in [1.29, 1.82) is 0 Å². The second-order valence-corrected chi connectivity index (χ2v) is 8.41. The van der Waals surface area contributed by atoms with Gasteiger partial charge in [0.05, 0.1) is 0 Å². The van der Waals surface area contributed by atoms with Gasteiger partial charge in [0.15, 0.2) is 0 Å². The van der Waals surface area contributed by atoms with Gasteiger partial charge < -0.3 is 15.5 Å². The van der Waals surface area contributed by atoms with Crippen LogP contribution in [0.2, 0.25) is 0 Å². The van der Waals surface area contributed by atoms with Crippen molar-refractivity contribution in [3.63, 3.8) is 0 Å². The molecule has 148 valence electrons. The van der Waals surface area contributed by atoms with Gasteiger partial charge in [0.25, 0.3) is 0 Å². The fourth-order valence-corrected chi connectivity index (χ4v) is 4.31. The third-order valence-corrected chi connectivity index (χ3v) is 6.70. The van der Waals surface area contributed by atoms with E-state index in [2.05, 4.69) is 46.0 Å². The van der Waals surface area contributed by atoms with Gasteiger partial charge in [-0.3, -0.25) is 9.69 Å². The molecule has 0 aromatic heterocycles. The van der Waals surface area contributed by atoms with Gasteiger partial charge in [0.2, 0.25) is 5.91 Å². The third-order valence-electron chi connectivity index (χ3n) is 5.81. The average Bonchev–Trinajstić information content (AvgIpc) is 2.69. The van der Waals surface area contributed by atoms with Gasteiger partial charge in [0, 0.05) is 56.2 Å². The van der Waals surface area contributed by atoms with E-state index in [4.69, 9.17) is 5.73 Å². The molecule has 2 N–H and O–H groups in total. The molecule has 2 aliphatic heterocycles. The maximum Gasteiger partial charge on any atom is 0.314 e. The number of piperazine rings is 1. The molecule has 2 heterocycles. The molecule has 0 radical (unpaired) electrons. The van der Waals surface area contributed by atoms with Gasteiger partial charge in [-0.2, -0.15) is 0 Å². The third kappa shape index (κ3) is 5.23. The minimum Gasteiger partial charge on any atom is -0.351 e. The number of primary amides is 1. The van der Waals surface area contributed by atoms with Crippen molar-refractivity contribution in [2.45, 2.75) is 38.6 Å². The van der Waals surface area contributed by atoms with Crippen molar-refractivity contribution in [2.75, 3.05) is 39.3 Å². The molecule has 0 saturated carbocycles. The summed E-state index contributed by atoms with van der Waals surface area (Å²) in [5, 5.41) is 0. The Labute approximate surface area is 169 Å². The molecular formula is C20H29BrN4O2. The van der Waals surface area contributed by atoms with E-state index in [1.807, 2.05) is 4.90 Å². The summed E-state index contributed by atoms with van der Waals surface area (Å²) in [5.41, 5.74) is 7.77. The number of urea groups is 1. The first-order chi connectivity index (χ1) is 12.9. The molecule has 2 fully saturated rings. The van der Waals surface area contributed by atoms with E-state index in [1.165, 1.54) is 11.1 Å². The van der Waals surface area contributed by atoms with Crippen LogP contribution in [0.25, 0.3) is 0 Å². The van der Waals surface area contributed by atoms with Crippen LogP contribution in [0, 0.1) is 6.92 Å². The zero-order valence-corrected chi connectivity index (χ0v) is 17.6. The highest BCUT2D eigenvalue weighted by Crippen LogP contribution is 2.21. The molecule has 0 bridgehead atoms. The molecule has 3 rings (SSSR count). The Hall–Kier alpha value is -1.60. The summed E-state index contributed by atoms with van der Waals surface area (Å²) in [6.45, 7) is 6.92. The van der Waals surface area contributed by atoms with Crippen molar-refractivity contribution in [2.24, 2.45) is 5.73 Å². The van der Waals surface area contributed by atoms with Crippen molar-refractivity contribution < 1.29 is 9.59 Å². The number of carbonyl (C=O) groups is 2. The lowest BCUT2D eigenvalue weighted by Gasteiger charge is -2.42. The van der Waals surface area contributed by atoms with Crippen molar-refractivity contribution in [3.05, 3.63) is 33.8 Å². The fraction of sp³-hybridized carbons (Fsp3) is 0.600. The molecule has 0 spiro atoms. The first-order valence-electron chi connectivity index (χ1n) is 9.75. The summed E-state index contributed by atoms with van der Waals surface area (Å²) >= 11 is 3.52. The van der Waals surface area contributed by atoms with Crippen LogP contribution in [0.3, 0.4) is 0 Å². The van der Waals surface area contributed by atoms with E-state index < -0.39 is 0 Å². The summed E-state index contributed by atoms with van der Waals surface area (Å²) in [7, 11) is 0. The molecule has 2 aliphatic rings. The quantitative estimate of drug-likeness (QED) is 0.787. The van der Waals surface area contributed by atoms with Gasteiger partial charge in [-0.1, -0.05) is 28.1 Å². The molecule has 7 heteroatoms. The number of halogens is 1. The molecule has 1 aromatic carbocycles. The molecule has 0 unspecified atom stereocenters. The zero-order chi connectivity index (χ0) is 19.4. The summed E-state index contributed by atoms with van der Waals surface area (Å²) < 4.78 is 1.11. The molecule has 0 atom stereocenters. The van der Waals surface area contributed by atoms with Crippen LogP contribution in [0.5, 0.6) is 0 Å². The highest BCUT2D eigenvalue weighted by Gasteiger charge is 2.29. The van der Waals surface area contributed by atoms with Crippen LogP contribution in [-0.4, -0.2) is 71.9 Å². The lowest BCUT2D eigenvalue weighted by molar-refractivity contribution is -0.132. The normalized spacial score (nSPS) is 19.3. The van der Waals surface area contributed by atoms with E-state index in [1.54, 1.807) is 4.90 Å². The summed E-state index contributed by atoms with van der Waals surface area (Å²) in [5.74, 6) is 0.257. The average molecular weight is 437 g/mol. The minimum absolute atomic E-state index is 0.257. The van der Waals surface area contributed by atoms with Crippen LogP contribution in [0.4, 0.5) is 4.79 Å².